The van der Waals surface area contributed by atoms with Crippen LogP contribution < -0.4 is 10.0 Å². The summed E-state index contributed by atoms with van der Waals surface area (Å²) in [5.41, 5.74) is 0.725. The Balaban J connectivity index is 1.81. The summed E-state index contributed by atoms with van der Waals surface area (Å²) in [6.45, 7) is 5.44. The molecule has 1 aliphatic heterocycles. The molecule has 2 N–H and O–H groups in total. The van der Waals surface area contributed by atoms with Gasteiger partial charge in [-0.05, 0) is 37.9 Å². The largest absolute Gasteiger partial charge is 0.317 e. The Morgan fingerprint density at radius 2 is 2.10 bits per heavy atom. The van der Waals surface area contributed by atoms with E-state index >= 15 is 0 Å². The molecule has 0 saturated carbocycles. The van der Waals surface area contributed by atoms with Crippen LogP contribution >= 0.6 is 0 Å². The van der Waals surface area contributed by atoms with E-state index in [1.807, 2.05) is 13.1 Å². The second-order valence-corrected chi connectivity index (χ2v) is 7.21. The van der Waals surface area contributed by atoms with E-state index in [-0.39, 0.29) is 6.54 Å². The summed E-state index contributed by atoms with van der Waals surface area (Å²) in [6.07, 6.45) is 3.63. The zero-order valence-corrected chi connectivity index (χ0v) is 13.6. The van der Waals surface area contributed by atoms with Crippen molar-refractivity contribution in [2.24, 2.45) is 13.0 Å². The summed E-state index contributed by atoms with van der Waals surface area (Å²) in [6, 6.07) is 1.81. The lowest BCUT2D eigenvalue weighted by Crippen LogP contribution is -2.45. The zero-order chi connectivity index (χ0) is 15.3. The number of hydrogen-bond acceptors (Lipinski definition) is 4. The van der Waals surface area contributed by atoms with Crippen LogP contribution in [-0.2, 0) is 23.8 Å². The molecule has 8 heteroatoms. The van der Waals surface area contributed by atoms with E-state index in [1.165, 1.54) is 0 Å². The molecule has 7 nitrogen and oxygen atoms in total. The molecule has 1 aromatic rings. The van der Waals surface area contributed by atoms with Crippen molar-refractivity contribution in [1.29, 1.82) is 0 Å². The minimum absolute atomic E-state index is 0.237. The molecular weight excluding hydrogens is 290 g/mol. The molecule has 2 rings (SSSR count). The van der Waals surface area contributed by atoms with Gasteiger partial charge in [0.15, 0.2) is 0 Å². The Hall–Kier alpha value is -0.960. The minimum atomic E-state index is -3.40. The lowest BCUT2D eigenvalue weighted by atomic mass is 9.98. The van der Waals surface area contributed by atoms with E-state index in [1.54, 1.807) is 15.2 Å². The van der Waals surface area contributed by atoms with Crippen LogP contribution in [0.1, 0.15) is 25.5 Å². The van der Waals surface area contributed by atoms with E-state index in [0.29, 0.717) is 19.0 Å². The summed E-state index contributed by atoms with van der Waals surface area (Å²) >= 11 is 0. The number of aromatic nitrogens is 2. The Morgan fingerprint density at radius 1 is 1.38 bits per heavy atom. The molecule has 0 spiro atoms. The molecular formula is C13H25N5O2S. The molecule has 0 aromatic carbocycles. The lowest BCUT2D eigenvalue weighted by Gasteiger charge is -2.31. The van der Waals surface area contributed by atoms with Crippen LogP contribution in [0, 0.1) is 5.92 Å². The fourth-order valence-electron chi connectivity index (χ4n) is 2.52. The molecule has 0 amide bonds. The maximum Gasteiger partial charge on any atom is 0.279 e. The summed E-state index contributed by atoms with van der Waals surface area (Å²) in [7, 11) is -1.59. The van der Waals surface area contributed by atoms with Crippen molar-refractivity contribution >= 4 is 10.2 Å². The van der Waals surface area contributed by atoms with Gasteiger partial charge in [-0.1, -0.05) is 6.92 Å². The van der Waals surface area contributed by atoms with E-state index in [2.05, 4.69) is 22.1 Å². The number of rotatable bonds is 7. The molecule has 1 aromatic heterocycles. The summed E-state index contributed by atoms with van der Waals surface area (Å²) < 4.78 is 30.3. The molecule has 120 valence electrons. The predicted octanol–water partition coefficient (Wildman–Crippen LogP) is 0.0760. The highest BCUT2D eigenvalue weighted by atomic mass is 32.2. The highest BCUT2D eigenvalue weighted by molar-refractivity contribution is 7.87. The maximum absolute atomic E-state index is 12.3. The quantitative estimate of drug-likeness (QED) is 0.747. The van der Waals surface area contributed by atoms with Gasteiger partial charge in [-0.2, -0.15) is 22.5 Å². The first-order chi connectivity index (χ1) is 10.0. The fraction of sp³-hybridized carbons (Fsp3) is 0.769. The van der Waals surface area contributed by atoms with Gasteiger partial charge < -0.3 is 5.32 Å². The van der Waals surface area contributed by atoms with Gasteiger partial charge >= 0.3 is 0 Å². The van der Waals surface area contributed by atoms with Gasteiger partial charge in [-0.25, -0.2) is 0 Å². The predicted molar refractivity (Wildman–Crippen MR) is 81.8 cm³/mol. The molecule has 1 aliphatic rings. The van der Waals surface area contributed by atoms with Gasteiger partial charge in [-0.3, -0.25) is 4.68 Å². The molecule has 0 bridgehead atoms. The van der Waals surface area contributed by atoms with Gasteiger partial charge in [0.2, 0.25) is 0 Å². The molecule has 1 fully saturated rings. The first-order valence-corrected chi connectivity index (χ1v) is 8.89. The SMILES string of the molecule is CCNCC1CCN(S(=O)(=O)NCc2ccn(C)n2)CC1. The van der Waals surface area contributed by atoms with Crippen molar-refractivity contribution in [2.45, 2.75) is 26.3 Å². The van der Waals surface area contributed by atoms with Crippen LogP contribution in [0.2, 0.25) is 0 Å². The third kappa shape index (κ3) is 4.77. The summed E-state index contributed by atoms with van der Waals surface area (Å²) in [5, 5.41) is 7.49. The Bertz CT molecular complexity index is 535. The fourth-order valence-corrected chi connectivity index (χ4v) is 3.72. The van der Waals surface area contributed by atoms with Crippen molar-refractivity contribution in [3.63, 3.8) is 0 Å². The number of nitrogens with one attached hydrogen (secondary N) is 2. The van der Waals surface area contributed by atoms with Crippen LogP contribution in [0.15, 0.2) is 12.3 Å². The first-order valence-electron chi connectivity index (χ1n) is 7.45. The van der Waals surface area contributed by atoms with Crippen LogP contribution in [0.5, 0.6) is 0 Å². The average molecular weight is 315 g/mol. The second-order valence-electron chi connectivity index (χ2n) is 5.46. The summed E-state index contributed by atoms with van der Waals surface area (Å²) in [5.74, 6) is 0.576. The zero-order valence-electron chi connectivity index (χ0n) is 12.7. The standard InChI is InChI=1S/C13H25N5O2S/c1-3-14-10-12-4-8-18(9-5-12)21(19,20)15-11-13-6-7-17(2)16-13/h6-7,12,14-15H,3-5,8-11H2,1-2H3. The van der Waals surface area contributed by atoms with Gasteiger partial charge in [0.25, 0.3) is 10.2 Å². The van der Waals surface area contributed by atoms with Gasteiger partial charge in [-0.15, -0.1) is 0 Å². The monoisotopic (exact) mass is 315 g/mol. The van der Waals surface area contributed by atoms with Crippen molar-refractivity contribution in [2.75, 3.05) is 26.2 Å². The number of piperidine rings is 1. The molecule has 21 heavy (non-hydrogen) atoms. The van der Waals surface area contributed by atoms with Gasteiger partial charge in [0, 0.05) is 26.3 Å². The highest BCUT2D eigenvalue weighted by Crippen LogP contribution is 2.18. The van der Waals surface area contributed by atoms with Crippen LogP contribution in [0.25, 0.3) is 0 Å². The smallest absolute Gasteiger partial charge is 0.279 e. The van der Waals surface area contributed by atoms with Crippen LogP contribution in [-0.4, -0.2) is 48.7 Å². The van der Waals surface area contributed by atoms with Crippen molar-refractivity contribution in [3.8, 4) is 0 Å². The molecule has 0 unspecified atom stereocenters. The number of aryl methyl sites for hydroxylation is 1. The van der Waals surface area contributed by atoms with Crippen molar-refractivity contribution < 1.29 is 8.42 Å². The van der Waals surface area contributed by atoms with Crippen LogP contribution in [0.3, 0.4) is 0 Å². The van der Waals surface area contributed by atoms with Crippen molar-refractivity contribution in [3.05, 3.63) is 18.0 Å². The Kier molecular flexibility index (Phi) is 5.74. The molecule has 1 saturated heterocycles. The van der Waals surface area contributed by atoms with E-state index < -0.39 is 10.2 Å². The van der Waals surface area contributed by atoms with Gasteiger partial charge in [0.1, 0.15) is 0 Å². The van der Waals surface area contributed by atoms with E-state index in [4.69, 9.17) is 0 Å². The normalized spacial score (nSPS) is 18.2. The maximum atomic E-state index is 12.3. The van der Waals surface area contributed by atoms with Crippen molar-refractivity contribution in [1.82, 2.24) is 24.1 Å². The second kappa shape index (κ2) is 7.35. The summed E-state index contributed by atoms with van der Waals surface area (Å²) in [4.78, 5) is 0. The third-order valence-corrected chi connectivity index (χ3v) is 5.36. The van der Waals surface area contributed by atoms with Crippen LogP contribution in [0.4, 0.5) is 0 Å². The number of hydrogen-bond donors (Lipinski definition) is 2. The molecule has 0 radical (unpaired) electrons. The Morgan fingerprint density at radius 3 is 2.67 bits per heavy atom. The lowest BCUT2D eigenvalue weighted by molar-refractivity contribution is 0.266. The minimum Gasteiger partial charge on any atom is -0.317 e. The third-order valence-electron chi connectivity index (χ3n) is 3.80. The molecule has 2 heterocycles. The molecule has 0 atom stereocenters. The topological polar surface area (TPSA) is 79.3 Å². The number of nitrogens with zero attached hydrogens (tertiary/aromatic N) is 3. The molecule has 0 aliphatic carbocycles. The Labute approximate surface area is 126 Å². The average Bonchev–Trinajstić information content (AvgIpc) is 2.89. The highest BCUT2D eigenvalue weighted by Gasteiger charge is 2.27. The van der Waals surface area contributed by atoms with Gasteiger partial charge in [0.05, 0.1) is 12.2 Å². The van der Waals surface area contributed by atoms with E-state index in [0.717, 1.165) is 31.6 Å². The first kappa shape index (κ1) is 16.4. The van der Waals surface area contributed by atoms with E-state index in [9.17, 15) is 8.42 Å².